The van der Waals surface area contributed by atoms with E-state index in [1.807, 2.05) is 13.0 Å². The summed E-state index contributed by atoms with van der Waals surface area (Å²) < 4.78 is 0. The van der Waals surface area contributed by atoms with Crippen LogP contribution in [0.5, 0.6) is 0 Å². The number of primary amides is 1. The van der Waals surface area contributed by atoms with E-state index < -0.39 is 0 Å². The van der Waals surface area contributed by atoms with Crippen LogP contribution < -0.4 is 11.1 Å². The molecule has 1 rings (SSSR count). The van der Waals surface area contributed by atoms with Crippen molar-refractivity contribution in [3.05, 3.63) is 18.0 Å². The fourth-order valence-electron chi connectivity index (χ4n) is 1.03. The number of hydrogen-bond donors (Lipinski definition) is 3. The molecule has 5 heteroatoms. The Morgan fingerprint density at radius 1 is 1.85 bits per heavy atom. The van der Waals surface area contributed by atoms with Crippen molar-refractivity contribution in [1.82, 2.24) is 15.5 Å². The number of nitrogens with one attached hydrogen (secondary N) is 2. The minimum Gasteiger partial charge on any atom is -0.370 e. The van der Waals surface area contributed by atoms with Gasteiger partial charge in [0.15, 0.2) is 0 Å². The largest absolute Gasteiger partial charge is 0.370 e. The first-order chi connectivity index (χ1) is 6.20. The van der Waals surface area contributed by atoms with Crippen LogP contribution in [0.1, 0.15) is 25.1 Å². The fraction of sp³-hybridized carbons (Fsp3) is 0.500. The first-order valence-corrected chi connectivity index (χ1v) is 4.21. The second-order valence-corrected chi connectivity index (χ2v) is 2.90. The summed E-state index contributed by atoms with van der Waals surface area (Å²) >= 11 is 0. The Bertz CT molecular complexity index is 257. The van der Waals surface area contributed by atoms with Gasteiger partial charge in [0.1, 0.15) is 0 Å². The van der Waals surface area contributed by atoms with E-state index in [4.69, 9.17) is 5.73 Å². The van der Waals surface area contributed by atoms with E-state index in [9.17, 15) is 4.79 Å². The van der Waals surface area contributed by atoms with Gasteiger partial charge in [0, 0.05) is 25.2 Å². The molecule has 0 saturated carbocycles. The van der Waals surface area contributed by atoms with Crippen LogP contribution >= 0.6 is 0 Å². The van der Waals surface area contributed by atoms with Gasteiger partial charge in [-0.15, -0.1) is 0 Å². The second kappa shape index (κ2) is 4.61. The van der Waals surface area contributed by atoms with Crippen LogP contribution in [0, 0.1) is 0 Å². The highest BCUT2D eigenvalue weighted by Crippen LogP contribution is 2.06. The molecule has 1 unspecified atom stereocenters. The Kier molecular flexibility index (Phi) is 3.45. The topological polar surface area (TPSA) is 83.8 Å². The van der Waals surface area contributed by atoms with Gasteiger partial charge in [-0.25, -0.2) is 0 Å². The number of aromatic amines is 1. The number of carbonyl (C=O) groups is 1. The third-order valence-electron chi connectivity index (χ3n) is 1.81. The predicted octanol–water partition coefficient (Wildman–Crippen LogP) is -0.0643. The molecule has 4 N–H and O–H groups in total. The van der Waals surface area contributed by atoms with Crippen LogP contribution in [-0.2, 0) is 4.79 Å². The maximum absolute atomic E-state index is 10.4. The normalized spacial score (nSPS) is 12.7. The predicted molar refractivity (Wildman–Crippen MR) is 48.8 cm³/mol. The lowest BCUT2D eigenvalue weighted by Crippen LogP contribution is -2.24. The van der Waals surface area contributed by atoms with E-state index in [2.05, 4.69) is 15.5 Å². The average Bonchev–Trinajstić information content (AvgIpc) is 2.55. The zero-order valence-corrected chi connectivity index (χ0v) is 7.58. The standard InChI is InChI=1S/C8H14N4O/c1-6(7-2-5-11-12-7)10-4-3-8(9)13/h2,5-6,10H,3-4H2,1H3,(H2,9,13)(H,11,12). The molecular weight excluding hydrogens is 168 g/mol. The molecule has 0 aromatic carbocycles. The highest BCUT2D eigenvalue weighted by Gasteiger charge is 2.05. The summed E-state index contributed by atoms with van der Waals surface area (Å²) in [7, 11) is 0. The van der Waals surface area contributed by atoms with Crippen molar-refractivity contribution in [2.45, 2.75) is 19.4 Å². The van der Waals surface area contributed by atoms with E-state index in [1.54, 1.807) is 6.20 Å². The Labute approximate surface area is 76.7 Å². The minimum absolute atomic E-state index is 0.168. The van der Waals surface area contributed by atoms with Gasteiger partial charge in [-0.05, 0) is 13.0 Å². The van der Waals surface area contributed by atoms with Crippen molar-refractivity contribution in [2.24, 2.45) is 5.73 Å². The minimum atomic E-state index is -0.288. The second-order valence-electron chi connectivity index (χ2n) is 2.90. The third-order valence-corrected chi connectivity index (χ3v) is 1.81. The molecule has 1 atom stereocenters. The summed E-state index contributed by atoms with van der Waals surface area (Å²) in [6.45, 7) is 2.59. The maximum atomic E-state index is 10.4. The number of nitrogens with two attached hydrogens (primary N) is 1. The molecule has 13 heavy (non-hydrogen) atoms. The van der Waals surface area contributed by atoms with Crippen LogP contribution in [0.3, 0.4) is 0 Å². The number of hydrogen-bond acceptors (Lipinski definition) is 3. The first kappa shape index (κ1) is 9.73. The van der Waals surface area contributed by atoms with Crippen LogP contribution in [0.4, 0.5) is 0 Å². The van der Waals surface area contributed by atoms with Gasteiger partial charge in [0.05, 0.1) is 5.69 Å². The Morgan fingerprint density at radius 3 is 3.15 bits per heavy atom. The van der Waals surface area contributed by atoms with Gasteiger partial charge in [-0.3, -0.25) is 9.89 Å². The third kappa shape index (κ3) is 3.25. The summed E-state index contributed by atoms with van der Waals surface area (Å²) in [5, 5.41) is 9.82. The van der Waals surface area contributed by atoms with E-state index in [0.29, 0.717) is 13.0 Å². The molecule has 0 aliphatic carbocycles. The maximum Gasteiger partial charge on any atom is 0.218 e. The highest BCUT2D eigenvalue weighted by molar-refractivity contribution is 5.73. The molecule has 1 amide bonds. The molecule has 0 aliphatic heterocycles. The number of rotatable bonds is 5. The fourth-order valence-corrected chi connectivity index (χ4v) is 1.03. The quantitative estimate of drug-likeness (QED) is 0.596. The number of H-pyrrole nitrogens is 1. The molecule has 1 aromatic rings. The lowest BCUT2D eigenvalue weighted by Gasteiger charge is -2.10. The molecule has 0 spiro atoms. The van der Waals surface area contributed by atoms with E-state index in [1.165, 1.54) is 0 Å². The van der Waals surface area contributed by atoms with E-state index in [-0.39, 0.29) is 11.9 Å². The molecule has 0 fully saturated rings. The summed E-state index contributed by atoms with van der Waals surface area (Å²) in [5.74, 6) is -0.288. The molecule has 1 heterocycles. The summed E-state index contributed by atoms with van der Waals surface area (Å²) in [6.07, 6.45) is 2.06. The van der Waals surface area contributed by atoms with Crippen molar-refractivity contribution >= 4 is 5.91 Å². The molecule has 0 aliphatic rings. The monoisotopic (exact) mass is 182 g/mol. The summed E-state index contributed by atoms with van der Waals surface area (Å²) in [4.78, 5) is 10.4. The average molecular weight is 182 g/mol. The molecule has 0 bridgehead atoms. The van der Waals surface area contributed by atoms with Gasteiger partial charge in [-0.2, -0.15) is 5.10 Å². The van der Waals surface area contributed by atoms with Gasteiger partial charge in [0.25, 0.3) is 0 Å². The van der Waals surface area contributed by atoms with Crippen molar-refractivity contribution in [3.8, 4) is 0 Å². The van der Waals surface area contributed by atoms with Gasteiger partial charge >= 0.3 is 0 Å². The van der Waals surface area contributed by atoms with Crippen molar-refractivity contribution in [3.63, 3.8) is 0 Å². The van der Waals surface area contributed by atoms with Gasteiger partial charge in [-0.1, -0.05) is 0 Å². The smallest absolute Gasteiger partial charge is 0.218 e. The SMILES string of the molecule is CC(NCCC(N)=O)c1ccn[nH]1. The first-order valence-electron chi connectivity index (χ1n) is 4.21. The van der Waals surface area contributed by atoms with Crippen molar-refractivity contribution in [2.75, 3.05) is 6.54 Å². The molecule has 72 valence electrons. The zero-order chi connectivity index (χ0) is 9.68. The number of nitrogens with zero attached hydrogens (tertiary/aromatic N) is 1. The van der Waals surface area contributed by atoms with Gasteiger partial charge < -0.3 is 11.1 Å². The molecule has 5 nitrogen and oxygen atoms in total. The number of aromatic nitrogens is 2. The Hall–Kier alpha value is -1.36. The molecule has 0 saturated heterocycles. The molecule has 0 radical (unpaired) electrons. The number of carbonyl (C=O) groups excluding carboxylic acids is 1. The lowest BCUT2D eigenvalue weighted by atomic mass is 10.2. The van der Waals surface area contributed by atoms with Crippen LogP contribution in [0.25, 0.3) is 0 Å². The van der Waals surface area contributed by atoms with E-state index >= 15 is 0 Å². The van der Waals surface area contributed by atoms with Gasteiger partial charge in [0.2, 0.25) is 5.91 Å². The van der Waals surface area contributed by atoms with Crippen LogP contribution in [0.15, 0.2) is 12.3 Å². The number of amides is 1. The van der Waals surface area contributed by atoms with Crippen LogP contribution in [-0.4, -0.2) is 22.6 Å². The Morgan fingerprint density at radius 2 is 2.62 bits per heavy atom. The van der Waals surface area contributed by atoms with Crippen molar-refractivity contribution in [1.29, 1.82) is 0 Å². The van der Waals surface area contributed by atoms with Crippen molar-refractivity contribution < 1.29 is 4.79 Å². The Balaban J connectivity index is 2.26. The highest BCUT2D eigenvalue weighted by atomic mass is 16.1. The van der Waals surface area contributed by atoms with E-state index in [0.717, 1.165) is 5.69 Å². The summed E-state index contributed by atoms with van der Waals surface area (Å²) in [5.41, 5.74) is 6.00. The lowest BCUT2D eigenvalue weighted by molar-refractivity contribution is -0.117. The molecule has 1 aromatic heterocycles. The van der Waals surface area contributed by atoms with Crippen LogP contribution in [0.2, 0.25) is 0 Å². The zero-order valence-electron chi connectivity index (χ0n) is 7.58. The summed E-state index contributed by atoms with van der Waals surface area (Å²) in [6, 6.07) is 2.06. The molecular formula is C8H14N4O.